The van der Waals surface area contributed by atoms with Gasteiger partial charge in [-0.3, -0.25) is 0 Å². The maximum absolute atomic E-state index is 12.1. The second kappa shape index (κ2) is 5.72. The van der Waals surface area contributed by atoms with Crippen LogP contribution < -0.4 is 10.5 Å². The second-order valence-electron chi connectivity index (χ2n) is 4.25. The smallest absolute Gasteiger partial charge is 0.250 e. The first-order valence-electron chi connectivity index (χ1n) is 5.75. The Morgan fingerprint density at radius 2 is 2.05 bits per heavy atom. The van der Waals surface area contributed by atoms with Crippen LogP contribution in [-0.4, -0.2) is 8.42 Å². The van der Waals surface area contributed by atoms with E-state index in [4.69, 9.17) is 5.73 Å². The molecule has 4 nitrogen and oxygen atoms in total. The van der Waals surface area contributed by atoms with Crippen LogP contribution in [0.1, 0.15) is 20.9 Å². The van der Waals surface area contributed by atoms with Gasteiger partial charge < -0.3 is 5.73 Å². The third-order valence-corrected chi connectivity index (χ3v) is 6.83. The lowest BCUT2D eigenvalue weighted by molar-refractivity contribution is 0.584. The normalized spacial score (nSPS) is 11.9. The van der Waals surface area contributed by atoms with Gasteiger partial charge in [0.15, 0.2) is 0 Å². The summed E-state index contributed by atoms with van der Waals surface area (Å²) < 4.78 is 27.1. The van der Waals surface area contributed by atoms with Crippen molar-refractivity contribution in [1.29, 1.82) is 0 Å². The minimum atomic E-state index is -3.43. The molecule has 0 aliphatic carbocycles. The predicted molar refractivity (Wildman–Crippen MR) is 80.0 cm³/mol. The quantitative estimate of drug-likeness (QED) is 0.889. The summed E-state index contributed by atoms with van der Waals surface area (Å²) in [5.74, 6) is 0. The van der Waals surface area contributed by atoms with Crippen molar-refractivity contribution in [2.24, 2.45) is 5.73 Å². The van der Waals surface area contributed by atoms with Crippen molar-refractivity contribution >= 4 is 32.7 Å². The van der Waals surface area contributed by atoms with E-state index >= 15 is 0 Å². The predicted octanol–water partition coefficient (Wildman–Crippen LogP) is 2.36. The summed E-state index contributed by atoms with van der Waals surface area (Å²) in [5, 5.41) is 1.77. The van der Waals surface area contributed by atoms with Gasteiger partial charge >= 0.3 is 0 Å². The highest BCUT2D eigenvalue weighted by molar-refractivity contribution is 7.91. The molecule has 0 fully saturated rings. The maximum atomic E-state index is 12.1. The average molecular weight is 316 g/mol. The third kappa shape index (κ3) is 3.43. The van der Waals surface area contributed by atoms with Gasteiger partial charge in [-0.15, -0.1) is 22.7 Å². The zero-order valence-corrected chi connectivity index (χ0v) is 13.2. The van der Waals surface area contributed by atoms with E-state index in [0.29, 0.717) is 17.3 Å². The monoisotopic (exact) mass is 316 g/mol. The zero-order chi connectivity index (χ0) is 14.0. The van der Waals surface area contributed by atoms with Crippen LogP contribution in [-0.2, 0) is 23.1 Å². The summed E-state index contributed by atoms with van der Waals surface area (Å²) in [6.45, 7) is 4.74. The van der Waals surface area contributed by atoms with Gasteiger partial charge in [0.2, 0.25) is 10.0 Å². The highest BCUT2D eigenvalue weighted by atomic mass is 32.2. The van der Waals surface area contributed by atoms with Gasteiger partial charge in [-0.25, -0.2) is 13.1 Å². The molecule has 2 rings (SSSR count). The maximum Gasteiger partial charge on any atom is 0.250 e. The topological polar surface area (TPSA) is 72.2 Å². The standard InChI is InChI=1S/C12H16N2O2S3/c1-8-3-11(18-9(8)2)6-14-19(15,16)12-4-10(5-13)7-17-12/h3-4,7,14H,5-6,13H2,1-2H3. The minimum absolute atomic E-state index is 0.318. The molecule has 0 atom stereocenters. The number of hydrogen-bond acceptors (Lipinski definition) is 5. The fourth-order valence-electron chi connectivity index (χ4n) is 1.58. The Kier molecular flexibility index (Phi) is 4.42. The molecule has 0 aliphatic rings. The Morgan fingerprint density at radius 3 is 2.58 bits per heavy atom. The Labute approximate surface area is 121 Å². The van der Waals surface area contributed by atoms with E-state index in [1.165, 1.54) is 21.8 Å². The van der Waals surface area contributed by atoms with E-state index in [0.717, 1.165) is 10.4 Å². The summed E-state index contributed by atoms with van der Waals surface area (Å²) in [7, 11) is -3.43. The lowest BCUT2D eigenvalue weighted by Crippen LogP contribution is -2.21. The van der Waals surface area contributed by atoms with Crippen LogP contribution in [0.3, 0.4) is 0 Å². The first-order chi connectivity index (χ1) is 8.92. The number of nitrogens with one attached hydrogen (secondary N) is 1. The van der Waals surface area contributed by atoms with Gasteiger partial charge in [-0.1, -0.05) is 0 Å². The molecule has 0 amide bonds. The Bertz CT molecular complexity index is 651. The van der Waals surface area contributed by atoms with E-state index in [-0.39, 0.29) is 0 Å². The fourth-order valence-corrected chi connectivity index (χ4v) is 4.93. The van der Waals surface area contributed by atoms with Crippen molar-refractivity contribution in [3.8, 4) is 0 Å². The molecule has 7 heteroatoms. The highest BCUT2D eigenvalue weighted by Crippen LogP contribution is 2.23. The molecule has 0 saturated carbocycles. The molecule has 3 N–H and O–H groups in total. The van der Waals surface area contributed by atoms with E-state index in [2.05, 4.69) is 4.72 Å². The lowest BCUT2D eigenvalue weighted by Gasteiger charge is -2.02. The minimum Gasteiger partial charge on any atom is -0.326 e. The van der Waals surface area contributed by atoms with Gasteiger partial charge in [-0.2, -0.15) is 0 Å². The summed E-state index contributed by atoms with van der Waals surface area (Å²) in [6, 6.07) is 3.64. The van der Waals surface area contributed by atoms with Crippen molar-refractivity contribution in [3.05, 3.63) is 38.4 Å². The third-order valence-electron chi connectivity index (χ3n) is 2.78. The highest BCUT2D eigenvalue weighted by Gasteiger charge is 2.16. The van der Waals surface area contributed by atoms with Gasteiger partial charge in [0.05, 0.1) is 0 Å². The van der Waals surface area contributed by atoms with Gasteiger partial charge in [0, 0.05) is 22.8 Å². The van der Waals surface area contributed by atoms with Crippen molar-refractivity contribution in [1.82, 2.24) is 4.72 Å². The molecule has 2 heterocycles. The molecule has 19 heavy (non-hydrogen) atoms. The molecule has 0 aromatic carbocycles. The Hall–Kier alpha value is -0.730. The van der Waals surface area contributed by atoms with E-state index in [9.17, 15) is 8.42 Å². The SMILES string of the molecule is Cc1cc(CNS(=O)(=O)c2cc(CN)cs2)sc1C. The number of nitrogens with two attached hydrogens (primary N) is 1. The van der Waals surface area contributed by atoms with Crippen LogP contribution in [0.5, 0.6) is 0 Å². The number of aryl methyl sites for hydroxylation is 2. The zero-order valence-electron chi connectivity index (χ0n) is 10.8. The van der Waals surface area contributed by atoms with Crippen LogP contribution in [0.4, 0.5) is 0 Å². The van der Waals surface area contributed by atoms with Crippen LogP contribution >= 0.6 is 22.7 Å². The first kappa shape index (κ1) is 14.7. The molecule has 104 valence electrons. The van der Waals surface area contributed by atoms with Crippen molar-refractivity contribution in [3.63, 3.8) is 0 Å². The van der Waals surface area contributed by atoms with Crippen molar-refractivity contribution in [2.75, 3.05) is 0 Å². The Morgan fingerprint density at radius 1 is 1.32 bits per heavy atom. The lowest BCUT2D eigenvalue weighted by atomic mass is 10.3. The summed E-state index contributed by atoms with van der Waals surface area (Å²) in [4.78, 5) is 2.24. The molecule has 2 aromatic rings. The summed E-state index contributed by atoms with van der Waals surface area (Å²) in [5.41, 5.74) is 7.52. The molecule has 0 bridgehead atoms. The van der Waals surface area contributed by atoms with Gasteiger partial charge in [-0.05, 0) is 42.5 Å². The largest absolute Gasteiger partial charge is 0.326 e. The number of hydrogen-bond donors (Lipinski definition) is 2. The van der Waals surface area contributed by atoms with Crippen molar-refractivity contribution in [2.45, 2.75) is 31.1 Å². The van der Waals surface area contributed by atoms with E-state index < -0.39 is 10.0 Å². The summed E-state index contributed by atoms with van der Waals surface area (Å²) in [6.07, 6.45) is 0. The van der Waals surface area contributed by atoms with Crippen LogP contribution in [0.25, 0.3) is 0 Å². The molecular weight excluding hydrogens is 300 g/mol. The van der Waals surface area contributed by atoms with Crippen molar-refractivity contribution < 1.29 is 8.42 Å². The molecule has 0 spiro atoms. The van der Waals surface area contributed by atoms with Crippen LogP contribution in [0, 0.1) is 13.8 Å². The second-order valence-corrected chi connectivity index (χ2v) is 8.50. The molecule has 2 aromatic heterocycles. The molecule has 0 saturated heterocycles. The fraction of sp³-hybridized carbons (Fsp3) is 0.333. The molecule has 0 radical (unpaired) electrons. The first-order valence-corrected chi connectivity index (χ1v) is 8.93. The average Bonchev–Trinajstić information content (AvgIpc) is 2.95. The number of rotatable bonds is 5. The van der Waals surface area contributed by atoms with E-state index in [1.54, 1.807) is 22.8 Å². The number of thiophene rings is 2. The number of sulfonamides is 1. The molecule has 0 unspecified atom stereocenters. The van der Waals surface area contributed by atoms with Crippen LogP contribution in [0.15, 0.2) is 21.7 Å². The van der Waals surface area contributed by atoms with Crippen LogP contribution in [0.2, 0.25) is 0 Å². The van der Waals surface area contributed by atoms with Gasteiger partial charge in [0.1, 0.15) is 4.21 Å². The molecular formula is C12H16N2O2S3. The van der Waals surface area contributed by atoms with E-state index in [1.807, 2.05) is 19.9 Å². The summed E-state index contributed by atoms with van der Waals surface area (Å²) >= 11 is 2.81. The Balaban J connectivity index is 2.09. The molecule has 0 aliphatic heterocycles. The van der Waals surface area contributed by atoms with Gasteiger partial charge in [0.25, 0.3) is 0 Å².